The van der Waals surface area contributed by atoms with Crippen molar-refractivity contribution in [3.63, 3.8) is 0 Å². The van der Waals surface area contributed by atoms with Crippen LogP contribution in [0.3, 0.4) is 0 Å². The minimum Gasteiger partial charge on any atom is -0.497 e. The maximum Gasteiger partial charge on any atom is 0.252 e. The van der Waals surface area contributed by atoms with Crippen LogP contribution in [-0.4, -0.2) is 48.2 Å². The molecule has 6 heteroatoms. The fourth-order valence-electron chi connectivity index (χ4n) is 3.54. The van der Waals surface area contributed by atoms with Gasteiger partial charge in [0.1, 0.15) is 11.6 Å². The van der Waals surface area contributed by atoms with Crippen LogP contribution in [0.4, 0.5) is 5.82 Å². The van der Waals surface area contributed by atoms with Gasteiger partial charge in [-0.1, -0.05) is 0 Å². The van der Waals surface area contributed by atoms with Crippen LogP contribution < -0.4 is 15.2 Å². The van der Waals surface area contributed by atoms with Crippen LogP contribution in [0.15, 0.2) is 47.4 Å². The van der Waals surface area contributed by atoms with Crippen LogP contribution in [0.1, 0.15) is 11.1 Å². The molecule has 0 atom stereocenters. The Morgan fingerprint density at radius 3 is 2.67 bits per heavy atom. The van der Waals surface area contributed by atoms with E-state index in [4.69, 9.17) is 4.74 Å². The lowest BCUT2D eigenvalue weighted by Crippen LogP contribution is -2.46. The standard InChI is InChI=1S/C21H24N4O2/c1-15-5-6-22-20(11-15)25-9-7-24(8-10-25)14-17-12-16-3-4-18(27-2)13-19(16)23-21(17)26/h3-6,11-13H,7-10,14H2,1-2H3,(H,23,26). The third kappa shape index (κ3) is 3.80. The molecule has 1 aliphatic rings. The van der Waals surface area contributed by atoms with Crippen molar-refractivity contribution in [1.82, 2.24) is 14.9 Å². The maximum atomic E-state index is 12.5. The van der Waals surface area contributed by atoms with Gasteiger partial charge >= 0.3 is 0 Å². The summed E-state index contributed by atoms with van der Waals surface area (Å²) in [4.78, 5) is 24.6. The zero-order valence-electron chi connectivity index (χ0n) is 15.7. The number of nitrogens with zero attached hydrogens (tertiary/aromatic N) is 3. The van der Waals surface area contributed by atoms with Gasteiger partial charge in [-0.3, -0.25) is 9.69 Å². The molecular formula is C21H24N4O2. The smallest absolute Gasteiger partial charge is 0.252 e. The van der Waals surface area contributed by atoms with Gasteiger partial charge < -0.3 is 14.6 Å². The molecule has 1 aliphatic heterocycles. The molecule has 0 spiro atoms. The summed E-state index contributed by atoms with van der Waals surface area (Å²) in [5.41, 5.74) is 2.80. The van der Waals surface area contributed by atoms with Crippen molar-refractivity contribution in [2.45, 2.75) is 13.5 Å². The quantitative estimate of drug-likeness (QED) is 0.771. The molecule has 4 rings (SSSR count). The molecule has 0 bridgehead atoms. The van der Waals surface area contributed by atoms with E-state index in [0.717, 1.165) is 54.2 Å². The number of anilines is 1. The highest BCUT2D eigenvalue weighted by Gasteiger charge is 2.19. The minimum atomic E-state index is -0.0291. The van der Waals surface area contributed by atoms with E-state index in [9.17, 15) is 4.79 Å². The van der Waals surface area contributed by atoms with E-state index in [1.807, 2.05) is 36.5 Å². The Morgan fingerprint density at radius 1 is 1.11 bits per heavy atom. The number of ether oxygens (including phenoxy) is 1. The number of aromatic nitrogens is 2. The third-order valence-electron chi connectivity index (χ3n) is 5.12. The SMILES string of the molecule is COc1ccc2cc(CN3CCN(c4cc(C)ccn4)CC3)c(=O)[nH]c2c1. The second kappa shape index (κ2) is 7.40. The summed E-state index contributed by atoms with van der Waals surface area (Å²) in [5, 5.41) is 1.02. The predicted octanol–water partition coefficient (Wildman–Crippen LogP) is 2.56. The molecular weight excluding hydrogens is 340 g/mol. The number of methoxy groups -OCH3 is 1. The van der Waals surface area contributed by atoms with Crippen LogP contribution in [0.25, 0.3) is 10.9 Å². The third-order valence-corrected chi connectivity index (χ3v) is 5.12. The Labute approximate surface area is 158 Å². The van der Waals surface area contributed by atoms with E-state index < -0.39 is 0 Å². The van der Waals surface area contributed by atoms with Gasteiger partial charge in [-0.2, -0.15) is 0 Å². The van der Waals surface area contributed by atoms with Crippen LogP contribution in [0.2, 0.25) is 0 Å². The van der Waals surface area contributed by atoms with Crippen LogP contribution in [0.5, 0.6) is 5.75 Å². The zero-order valence-corrected chi connectivity index (χ0v) is 15.7. The topological polar surface area (TPSA) is 61.5 Å². The fourth-order valence-corrected chi connectivity index (χ4v) is 3.54. The fraction of sp³-hybridized carbons (Fsp3) is 0.333. The van der Waals surface area contributed by atoms with Crippen molar-refractivity contribution in [2.75, 3.05) is 38.2 Å². The molecule has 27 heavy (non-hydrogen) atoms. The minimum absolute atomic E-state index is 0.0291. The number of pyridine rings is 2. The van der Waals surface area contributed by atoms with Gasteiger partial charge in [-0.25, -0.2) is 4.98 Å². The van der Waals surface area contributed by atoms with Gasteiger partial charge in [-0.15, -0.1) is 0 Å². The molecule has 0 amide bonds. The zero-order chi connectivity index (χ0) is 18.8. The Bertz CT molecular complexity index is 1010. The molecule has 1 N–H and O–H groups in total. The first-order valence-electron chi connectivity index (χ1n) is 9.22. The van der Waals surface area contributed by atoms with Gasteiger partial charge in [0.25, 0.3) is 5.56 Å². The van der Waals surface area contributed by atoms with Crippen molar-refractivity contribution < 1.29 is 4.74 Å². The van der Waals surface area contributed by atoms with Crippen molar-refractivity contribution in [2.24, 2.45) is 0 Å². The second-order valence-electron chi connectivity index (χ2n) is 7.03. The summed E-state index contributed by atoms with van der Waals surface area (Å²) in [7, 11) is 1.62. The molecule has 0 aliphatic carbocycles. The summed E-state index contributed by atoms with van der Waals surface area (Å²) in [6.07, 6.45) is 1.86. The highest BCUT2D eigenvalue weighted by molar-refractivity contribution is 5.80. The van der Waals surface area contributed by atoms with Crippen molar-refractivity contribution in [3.8, 4) is 5.75 Å². The Hall–Kier alpha value is -2.86. The predicted molar refractivity (Wildman–Crippen MR) is 108 cm³/mol. The maximum absolute atomic E-state index is 12.5. The Morgan fingerprint density at radius 2 is 1.93 bits per heavy atom. The van der Waals surface area contributed by atoms with Gasteiger partial charge in [0, 0.05) is 50.6 Å². The van der Waals surface area contributed by atoms with Gasteiger partial charge in [0.05, 0.1) is 12.6 Å². The highest BCUT2D eigenvalue weighted by atomic mass is 16.5. The molecule has 6 nitrogen and oxygen atoms in total. The molecule has 1 saturated heterocycles. The van der Waals surface area contributed by atoms with Crippen LogP contribution in [0, 0.1) is 6.92 Å². The highest BCUT2D eigenvalue weighted by Crippen LogP contribution is 2.20. The number of hydrogen-bond donors (Lipinski definition) is 1. The van der Waals surface area contributed by atoms with E-state index >= 15 is 0 Å². The number of H-pyrrole nitrogens is 1. The Kier molecular flexibility index (Phi) is 4.81. The molecule has 1 aromatic carbocycles. The largest absolute Gasteiger partial charge is 0.497 e. The van der Waals surface area contributed by atoms with E-state index in [-0.39, 0.29) is 5.56 Å². The first-order chi connectivity index (χ1) is 13.1. The second-order valence-corrected chi connectivity index (χ2v) is 7.03. The molecule has 3 aromatic rings. The van der Waals surface area contributed by atoms with Crippen LogP contribution in [-0.2, 0) is 6.54 Å². The lowest BCUT2D eigenvalue weighted by Gasteiger charge is -2.35. The first kappa shape index (κ1) is 17.5. The first-order valence-corrected chi connectivity index (χ1v) is 9.22. The summed E-state index contributed by atoms with van der Waals surface area (Å²) in [6.45, 7) is 6.40. The number of benzene rings is 1. The van der Waals surface area contributed by atoms with Gasteiger partial charge in [0.2, 0.25) is 0 Å². The van der Waals surface area contributed by atoms with E-state index in [0.29, 0.717) is 6.54 Å². The van der Waals surface area contributed by atoms with Crippen LogP contribution >= 0.6 is 0 Å². The number of aryl methyl sites for hydroxylation is 1. The van der Waals surface area contributed by atoms with Gasteiger partial charge in [0.15, 0.2) is 0 Å². The molecule has 2 aromatic heterocycles. The molecule has 0 saturated carbocycles. The summed E-state index contributed by atoms with van der Waals surface area (Å²) >= 11 is 0. The summed E-state index contributed by atoms with van der Waals surface area (Å²) < 4.78 is 5.23. The van der Waals surface area contributed by atoms with Crippen molar-refractivity contribution >= 4 is 16.7 Å². The monoisotopic (exact) mass is 364 g/mol. The molecule has 140 valence electrons. The molecule has 3 heterocycles. The Balaban J connectivity index is 1.46. The number of aromatic amines is 1. The summed E-state index contributed by atoms with van der Waals surface area (Å²) in [5.74, 6) is 1.78. The number of piperazine rings is 1. The van der Waals surface area contributed by atoms with E-state index in [2.05, 4.69) is 32.8 Å². The normalized spacial score (nSPS) is 15.3. The van der Waals surface area contributed by atoms with E-state index in [1.54, 1.807) is 7.11 Å². The van der Waals surface area contributed by atoms with Crippen molar-refractivity contribution in [1.29, 1.82) is 0 Å². The average molecular weight is 364 g/mol. The lowest BCUT2D eigenvalue weighted by molar-refractivity contribution is 0.248. The van der Waals surface area contributed by atoms with Gasteiger partial charge in [-0.05, 0) is 48.2 Å². The molecule has 0 unspecified atom stereocenters. The summed E-state index contributed by atoms with van der Waals surface area (Å²) in [6, 6.07) is 11.9. The van der Waals surface area contributed by atoms with Crippen molar-refractivity contribution in [3.05, 3.63) is 64.1 Å². The number of hydrogen-bond acceptors (Lipinski definition) is 5. The van der Waals surface area contributed by atoms with E-state index in [1.165, 1.54) is 5.56 Å². The molecule has 0 radical (unpaired) electrons. The molecule has 1 fully saturated rings. The average Bonchev–Trinajstić information content (AvgIpc) is 2.69. The number of rotatable bonds is 4. The lowest BCUT2D eigenvalue weighted by atomic mass is 10.1. The number of fused-ring (bicyclic) bond motifs is 1. The number of nitrogens with one attached hydrogen (secondary N) is 1.